The van der Waals surface area contributed by atoms with E-state index in [-0.39, 0.29) is 11.9 Å². The quantitative estimate of drug-likeness (QED) is 0.789. The van der Waals surface area contributed by atoms with Crippen molar-refractivity contribution in [2.75, 3.05) is 32.1 Å². The minimum atomic E-state index is 0.0744. The lowest BCUT2D eigenvalue weighted by Crippen LogP contribution is -2.57. The molecule has 0 atom stereocenters. The highest BCUT2D eigenvalue weighted by Crippen LogP contribution is 2.17. The van der Waals surface area contributed by atoms with Crippen molar-refractivity contribution in [1.82, 2.24) is 4.90 Å². The van der Waals surface area contributed by atoms with Gasteiger partial charge in [0.2, 0.25) is 0 Å². The van der Waals surface area contributed by atoms with Crippen LogP contribution in [0.1, 0.15) is 10.4 Å². The number of benzene rings is 1. The van der Waals surface area contributed by atoms with E-state index in [4.69, 9.17) is 5.73 Å². The molecule has 86 valence electrons. The van der Waals surface area contributed by atoms with E-state index in [0.29, 0.717) is 13.1 Å². The van der Waals surface area contributed by atoms with Crippen LogP contribution in [0.15, 0.2) is 24.3 Å². The molecule has 0 spiro atoms. The van der Waals surface area contributed by atoms with Crippen LogP contribution in [0.5, 0.6) is 0 Å². The maximum atomic E-state index is 12.0. The lowest BCUT2D eigenvalue weighted by Gasteiger charge is -2.37. The molecule has 0 bridgehead atoms. The summed E-state index contributed by atoms with van der Waals surface area (Å²) in [7, 11) is 3.92. The maximum absolute atomic E-state index is 12.0. The number of carbonyl (C=O) groups is 1. The average Bonchev–Trinajstić information content (AvgIpc) is 2.24. The summed E-state index contributed by atoms with van der Waals surface area (Å²) in [6, 6.07) is 7.80. The van der Waals surface area contributed by atoms with Gasteiger partial charge in [0.25, 0.3) is 5.91 Å². The second-order valence-corrected chi connectivity index (χ2v) is 4.41. The Morgan fingerprint density at radius 1 is 1.44 bits per heavy atom. The van der Waals surface area contributed by atoms with Crippen molar-refractivity contribution in [3.05, 3.63) is 29.8 Å². The summed E-state index contributed by atoms with van der Waals surface area (Å²) >= 11 is 0. The van der Waals surface area contributed by atoms with Crippen LogP contribution in [0.2, 0.25) is 0 Å². The fraction of sp³-hybridized carbons (Fsp3) is 0.417. The molecule has 0 aliphatic carbocycles. The third-order valence-electron chi connectivity index (χ3n) is 2.81. The fourth-order valence-corrected chi connectivity index (χ4v) is 1.78. The smallest absolute Gasteiger partial charge is 0.254 e. The number of hydrogen-bond donors (Lipinski definition) is 1. The van der Waals surface area contributed by atoms with Gasteiger partial charge in [0.15, 0.2) is 0 Å². The van der Waals surface area contributed by atoms with Crippen molar-refractivity contribution in [1.29, 1.82) is 0 Å². The highest BCUT2D eigenvalue weighted by atomic mass is 16.2. The topological polar surface area (TPSA) is 49.6 Å². The van der Waals surface area contributed by atoms with Gasteiger partial charge in [0, 0.05) is 44.5 Å². The van der Waals surface area contributed by atoms with Crippen LogP contribution in [-0.4, -0.2) is 44.0 Å². The SMILES string of the molecule is CN(C)c1cccc(C(=O)N2CC(N)C2)c1. The Hall–Kier alpha value is -1.55. The molecule has 4 nitrogen and oxygen atoms in total. The molecule has 2 N–H and O–H groups in total. The summed E-state index contributed by atoms with van der Waals surface area (Å²) in [6.45, 7) is 1.34. The molecule has 1 aliphatic rings. The van der Waals surface area contributed by atoms with Gasteiger partial charge < -0.3 is 15.5 Å². The van der Waals surface area contributed by atoms with Crippen molar-refractivity contribution >= 4 is 11.6 Å². The van der Waals surface area contributed by atoms with Gasteiger partial charge in [-0.2, -0.15) is 0 Å². The van der Waals surface area contributed by atoms with Crippen LogP contribution in [0.3, 0.4) is 0 Å². The van der Waals surface area contributed by atoms with Gasteiger partial charge in [-0.15, -0.1) is 0 Å². The van der Waals surface area contributed by atoms with Gasteiger partial charge in [-0.1, -0.05) is 6.07 Å². The normalized spacial score (nSPS) is 15.8. The molecule has 16 heavy (non-hydrogen) atoms. The van der Waals surface area contributed by atoms with Crippen molar-refractivity contribution < 1.29 is 4.79 Å². The van der Waals surface area contributed by atoms with Gasteiger partial charge >= 0.3 is 0 Å². The Kier molecular flexibility index (Phi) is 2.83. The number of nitrogens with two attached hydrogens (primary N) is 1. The highest BCUT2D eigenvalue weighted by molar-refractivity contribution is 5.95. The molecule has 1 amide bonds. The standard InChI is InChI=1S/C12H17N3O/c1-14(2)11-5-3-4-9(6-11)12(16)15-7-10(13)8-15/h3-6,10H,7-8,13H2,1-2H3. The van der Waals surface area contributed by atoms with Crippen molar-refractivity contribution in [3.63, 3.8) is 0 Å². The first kappa shape index (κ1) is 11.0. The Morgan fingerprint density at radius 2 is 2.12 bits per heavy atom. The van der Waals surface area contributed by atoms with Gasteiger partial charge in [-0.3, -0.25) is 4.79 Å². The summed E-state index contributed by atoms with van der Waals surface area (Å²) in [6.07, 6.45) is 0. The van der Waals surface area contributed by atoms with Crippen molar-refractivity contribution in [3.8, 4) is 0 Å². The number of anilines is 1. The minimum absolute atomic E-state index is 0.0744. The zero-order chi connectivity index (χ0) is 11.7. The Balaban J connectivity index is 2.14. The van der Waals surface area contributed by atoms with Crippen LogP contribution in [0.4, 0.5) is 5.69 Å². The molecule has 4 heteroatoms. The zero-order valence-electron chi connectivity index (χ0n) is 9.68. The Labute approximate surface area is 95.6 Å². The van der Waals surface area contributed by atoms with Crippen LogP contribution < -0.4 is 10.6 Å². The van der Waals surface area contributed by atoms with E-state index < -0.39 is 0 Å². The molecule has 1 fully saturated rings. The maximum Gasteiger partial charge on any atom is 0.254 e. The largest absolute Gasteiger partial charge is 0.378 e. The summed E-state index contributed by atoms with van der Waals surface area (Å²) in [5.41, 5.74) is 7.43. The van der Waals surface area contributed by atoms with E-state index in [0.717, 1.165) is 11.3 Å². The minimum Gasteiger partial charge on any atom is -0.378 e. The molecular weight excluding hydrogens is 202 g/mol. The molecule has 1 saturated heterocycles. The molecule has 1 aromatic rings. The molecule has 1 aromatic carbocycles. The van der Waals surface area contributed by atoms with E-state index in [1.54, 1.807) is 4.90 Å². The van der Waals surface area contributed by atoms with Crippen molar-refractivity contribution in [2.45, 2.75) is 6.04 Å². The van der Waals surface area contributed by atoms with E-state index in [1.165, 1.54) is 0 Å². The van der Waals surface area contributed by atoms with Crippen LogP contribution in [0, 0.1) is 0 Å². The molecule has 1 heterocycles. The van der Waals surface area contributed by atoms with E-state index in [1.807, 2.05) is 43.3 Å². The van der Waals surface area contributed by atoms with E-state index in [2.05, 4.69) is 0 Å². The lowest BCUT2D eigenvalue weighted by atomic mass is 10.1. The van der Waals surface area contributed by atoms with E-state index in [9.17, 15) is 4.79 Å². The van der Waals surface area contributed by atoms with Gasteiger partial charge in [-0.25, -0.2) is 0 Å². The Morgan fingerprint density at radius 3 is 2.69 bits per heavy atom. The van der Waals surface area contributed by atoms with Crippen molar-refractivity contribution in [2.24, 2.45) is 5.73 Å². The molecule has 2 rings (SSSR count). The number of amides is 1. The molecular formula is C12H17N3O. The highest BCUT2D eigenvalue weighted by Gasteiger charge is 2.28. The summed E-state index contributed by atoms with van der Waals surface area (Å²) in [4.78, 5) is 15.8. The summed E-state index contributed by atoms with van der Waals surface area (Å²) in [5, 5.41) is 0. The number of rotatable bonds is 2. The molecule has 0 radical (unpaired) electrons. The first-order chi connectivity index (χ1) is 7.58. The van der Waals surface area contributed by atoms with Crippen LogP contribution in [0.25, 0.3) is 0 Å². The third-order valence-corrected chi connectivity index (χ3v) is 2.81. The van der Waals surface area contributed by atoms with Gasteiger partial charge in [0.1, 0.15) is 0 Å². The molecule has 1 aliphatic heterocycles. The third kappa shape index (κ3) is 2.02. The predicted molar refractivity (Wildman–Crippen MR) is 64.6 cm³/mol. The molecule has 0 unspecified atom stereocenters. The molecule has 0 aromatic heterocycles. The van der Waals surface area contributed by atoms with E-state index >= 15 is 0 Å². The van der Waals surface area contributed by atoms with Crippen LogP contribution in [-0.2, 0) is 0 Å². The van der Waals surface area contributed by atoms with Crippen LogP contribution >= 0.6 is 0 Å². The Bertz CT molecular complexity index is 397. The first-order valence-corrected chi connectivity index (χ1v) is 5.40. The summed E-state index contributed by atoms with van der Waals surface area (Å²) < 4.78 is 0. The number of likely N-dealkylation sites (tertiary alicyclic amines) is 1. The number of hydrogen-bond acceptors (Lipinski definition) is 3. The number of nitrogens with zero attached hydrogens (tertiary/aromatic N) is 2. The lowest BCUT2D eigenvalue weighted by molar-refractivity contribution is 0.0608. The molecule has 0 saturated carbocycles. The van der Waals surface area contributed by atoms with Gasteiger partial charge in [-0.05, 0) is 18.2 Å². The van der Waals surface area contributed by atoms with Gasteiger partial charge in [0.05, 0.1) is 0 Å². The average molecular weight is 219 g/mol. The number of carbonyl (C=O) groups excluding carboxylic acids is 1. The zero-order valence-corrected chi connectivity index (χ0v) is 9.68. The second kappa shape index (κ2) is 4.14. The summed E-state index contributed by atoms with van der Waals surface area (Å²) in [5.74, 6) is 0.0744. The monoisotopic (exact) mass is 219 g/mol. The predicted octanol–water partition coefficient (Wildman–Crippen LogP) is 0.536. The first-order valence-electron chi connectivity index (χ1n) is 5.40. The fourth-order valence-electron chi connectivity index (χ4n) is 1.78. The second-order valence-electron chi connectivity index (χ2n) is 4.41.